The summed E-state index contributed by atoms with van der Waals surface area (Å²) in [5.74, 6) is 1.58. The molecule has 1 aromatic rings. The van der Waals surface area contributed by atoms with E-state index in [-0.39, 0.29) is 6.03 Å². The second-order valence-corrected chi connectivity index (χ2v) is 8.48. The molecule has 1 aliphatic carbocycles. The van der Waals surface area contributed by atoms with Crippen LogP contribution in [0.4, 0.5) is 4.79 Å². The van der Waals surface area contributed by atoms with E-state index in [0.717, 1.165) is 24.6 Å². The predicted molar refractivity (Wildman–Crippen MR) is 97.2 cm³/mol. The van der Waals surface area contributed by atoms with Gasteiger partial charge in [-0.15, -0.1) is 0 Å². The van der Waals surface area contributed by atoms with Gasteiger partial charge >= 0.3 is 6.03 Å². The molecular weight excluding hydrogens is 314 g/mol. The topological polar surface area (TPSA) is 53.4 Å². The van der Waals surface area contributed by atoms with E-state index in [9.17, 15) is 4.79 Å². The van der Waals surface area contributed by atoms with E-state index >= 15 is 0 Å². The zero-order valence-corrected chi connectivity index (χ0v) is 15.5. The summed E-state index contributed by atoms with van der Waals surface area (Å²) in [4.78, 5) is 17.4. The molecule has 0 radical (unpaired) electrons. The molecule has 3 saturated heterocycles. The van der Waals surface area contributed by atoms with Crippen molar-refractivity contribution in [3.63, 3.8) is 0 Å². The Labute approximate surface area is 150 Å². The number of hydrogen-bond acceptors (Lipinski definition) is 3. The fourth-order valence-electron chi connectivity index (χ4n) is 4.24. The van der Waals surface area contributed by atoms with E-state index in [2.05, 4.69) is 34.1 Å². The van der Waals surface area contributed by atoms with Crippen LogP contribution in [0.1, 0.15) is 51.1 Å². The lowest BCUT2D eigenvalue weighted by molar-refractivity contribution is 0.126. The van der Waals surface area contributed by atoms with Gasteiger partial charge in [0.25, 0.3) is 0 Å². The van der Waals surface area contributed by atoms with E-state index in [0.29, 0.717) is 24.5 Å². The molecule has 3 aliphatic heterocycles. The Balaban J connectivity index is 1.32. The molecule has 6 heteroatoms. The standard InChI is InChI=1S/C19H31N5O/c1-14(2)24-12-17(8-21-24)7-20-19(25)23-11-16-5-6-18(13-23)22(10-16)9-15-3-4-15/h8,12,14-16,18H,3-7,9-11,13H2,1-2H3,(H,20,25)/t16-,18-/m1/s1. The van der Waals surface area contributed by atoms with Crippen molar-refractivity contribution in [3.05, 3.63) is 18.0 Å². The highest BCUT2D eigenvalue weighted by molar-refractivity contribution is 5.74. The van der Waals surface area contributed by atoms with Gasteiger partial charge in [-0.2, -0.15) is 5.10 Å². The van der Waals surface area contributed by atoms with Crippen LogP contribution in [0.2, 0.25) is 0 Å². The van der Waals surface area contributed by atoms with Gasteiger partial charge in [-0.25, -0.2) is 4.79 Å². The van der Waals surface area contributed by atoms with Gasteiger partial charge in [0.1, 0.15) is 0 Å². The minimum absolute atomic E-state index is 0.0856. The minimum Gasteiger partial charge on any atom is -0.334 e. The Morgan fingerprint density at radius 3 is 2.80 bits per heavy atom. The van der Waals surface area contributed by atoms with Crippen molar-refractivity contribution >= 4 is 6.03 Å². The van der Waals surface area contributed by atoms with Gasteiger partial charge in [0.2, 0.25) is 0 Å². The number of amides is 2. The van der Waals surface area contributed by atoms with Crippen molar-refractivity contribution in [1.82, 2.24) is 24.9 Å². The van der Waals surface area contributed by atoms with Gasteiger partial charge in [-0.1, -0.05) is 0 Å². The lowest BCUT2D eigenvalue weighted by atomic mass is 9.95. The molecule has 1 aromatic heterocycles. The number of nitrogens with zero attached hydrogens (tertiary/aromatic N) is 4. The Hall–Kier alpha value is -1.56. The molecule has 0 spiro atoms. The van der Waals surface area contributed by atoms with E-state index in [4.69, 9.17) is 0 Å². The smallest absolute Gasteiger partial charge is 0.317 e. The molecule has 0 aromatic carbocycles. The third kappa shape index (κ3) is 4.00. The first-order chi connectivity index (χ1) is 12.1. The Kier molecular flexibility index (Phi) is 4.71. The summed E-state index contributed by atoms with van der Waals surface area (Å²) in [5, 5.41) is 7.44. The van der Waals surface area contributed by atoms with Gasteiger partial charge in [0, 0.05) is 56.6 Å². The van der Waals surface area contributed by atoms with Crippen LogP contribution in [0.3, 0.4) is 0 Å². The fourth-order valence-corrected chi connectivity index (χ4v) is 4.24. The number of piperidine rings is 1. The SMILES string of the molecule is CC(C)n1cc(CNC(=O)N2C[C@@H]3CC[C@H](C2)N(CC2CC2)C3)cn1. The summed E-state index contributed by atoms with van der Waals surface area (Å²) in [5.41, 5.74) is 1.07. The molecule has 2 bridgehead atoms. The molecule has 4 aliphatic rings. The van der Waals surface area contributed by atoms with E-state index in [1.165, 1.54) is 38.8 Å². The van der Waals surface area contributed by atoms with Crippen molar-refractivity contribution in [2.45, 2.75) is 58.2 Å². The molecular formula is C19H31N5O. The van der Waals surface area contributed by atoms with Crippen molar-refractivity contribution in [1.29, 1.82) is 0 Å². The first-order valence-corrected chi connectivity index (χ1v) is 9.88. The summed E-state index contributed by atoms with van der Waals surface area (Å²) in [6, 6.07) is 0.999. The maximum absolute atomic E-state index is 12.7. The number of rotatable bonds is 5. The van der Waals surface area contributed by atoms with Gasteiger partial charge in [-0.3, -0.25) is 9.58 Å². The molecule has 4 fully saturated rings. The van der Waals surface area contributed by atoms with Crippen LogP contribution in [0.5, 0.6) is 0 Å². The zero-order chi connectivity index (χ0) is 17.4. The number of aromatic nitrogens is 2. The molecule has 1 saturated carbocycles. The van der Waals surface area contributed by atoms with Gasteiger partial charge in [0.05, 0.1) is 6.20 Å². The third-order valence-electron chi connectivity index (χ3n) is 5.93. The van der Waals surface area contributed by atoms with Crippen LogP contribution < -0.4 is 5.32 Å². The average molecular weight is 345 g/mol. The highest BCUT2D eigenvalue weighted by Gasteiger charge is 2.38. The first kappa shape index (κ1) is 16.9. The van der Waals surface area contributed by atoms with E-state index in [1.54, 1.807) is 0 Å². The molecule has 4 heterocycles. The van der Waals surface area contributed by atoms with Crippen molar-refractivity contribution in [2.75, 3.05) is 26.2 Å². The number of urea groups is 1. The lowest BCUT2D eigenvalue weighted by Crippen LogP contribution is -2.46. The van der Waals surface area contributed by atoms with Crippen LogP contribution in [0, 0.1) is 11.8 Å². The van der Waals surface area contributed by atoms with Gasteiger partial charge in [-0.05, 0) is 51.4 Å². The molecule has 1 N–H and O–H groups in total. The average Bonchev–Trinajstić information content (AvgIpc) is 3.34. The number of hydrogen-bond donors (Lipinski definition) is 1. The Bertz CT molecular complexity index is 609. The van der Waals surface area contributed by atoms with Gasteiger partial charge in [0.15, 0.2) is 0 Å². The first-order valence-electron chi connectivity index (χ1n) is 9.88. The second-order valence-electron chi connectivity index (χ2n) is 8.48. The highest BCUT2D eigenvalue weighted by Crippen LogP contribution is 2.34. The Morgan fingerprint density at radius 2 is 2.08 bits per heavy atom. The summed E-state index contributed by atoms with van der Waals surface area (Å²) >= 11 is 0. The molecule has 0 unspecified atom stereocenters. The summed E-state index contributed by atoms with van der Waals surface area (Å²) in [6.07, 6.45) is 9.21. The normalized spacial score (nSPS) is 26.9. The number of carbonyl (C=O) groups excluding carboxylic acids is 1. The summed E-state index contributed by atoms with van der Waals surface area (Å²) in [7, 11) is 0. The number of fused-ring (bicyclic) bond motifs is 4. The van der Waals surface area contributed by atoms with Crippen molar-refractivity contribution in [2.24, 2.45) is 11.8 Å². The fraction of sp³-hybridized carbons (Fsp3) is 0.789. The monoisotopic (exact) mass is 345 g/mol. The minimum atomic E-state index is 0.0856. The summed E-state index contributed by atoms with van der Waals surface area (Å²) in [6.45, 7) is 9.01. The van der Waals surface area contributed by atoms with Crippen LogP contribution >= 0.6 is 0 Å². The molecule has 5 rings (SSSR count). The molecule has 2 atom stereocenters. The molecule has 2 amide bonds. The van der Waals surface area contributed by atoms with Crippen LogP contribution in [-0.4, -0.2) is 57.8 Å². The predicted octanol–water partition coefficient (Wildman–Crippen LogP) is 2.48. The van der Waals surface area contributed by atoms with E-state index < -0.39 is 0 Å². The summed E-state index contributed by atoms with van der Waals surface area (Å²) < 4.78 is 1.93. The molecule has 25 heavy (non-hydrogen) atoms. The molecule has 138 valence electrons. The van der Waals surface area contributed by atoms with Crippen molar-refractivity contribution in [3.8, 4) is 0 Å². The quantitative estimate of drug-likeness (QED) is 0.892. The van der Waals surface area contributed by atoms with Gasteiger partial charge < -0.3 is 10.2 Å². The lowest BCUT2D eigenvalue weighted by Gasteiger charge is -2.36. The third-order valence-corrected chi connectivity index (χ3v) is 5.93. The van der Waals surface area contributed by atoms with E-state index in [1.807, 2.05) is 17.1 Å². The number of nitrogens with one attached hydrogen (secondary N) is 1. The van der Waals surface area contributed by atoms with Crippen LogP contribution in [-0.2, 0) is 6.54 Å². The zero-order valence-electron chi connectivity index (χ0n) is 15.5. The van der Waals surface area contributed by atoms with Crippen LogP contribution in [0.25, 0.3) is 0 Å². The Morgan fingerprint density at radius 1 is 1.24 bits per heavy atom. The van der Waals surface area contributed by atoms with Crippen LogP contribution in [0.15, 0.2) is 12.4 Å². The number of carbonyl (C=O) groups is 1. The van der Waals surface area contributed by atoms with Crippen molar-refractivity contribution < 1.29 is 4.79 Å². The maximum Gasteiger partial charge on any atom is 0.317 e. The highest BCUT2D eigenvalue weighted by atomic mass is 16.2. The largest absolute Gasteiger partial charge is 0.334 e. The maximum atomic E-state index is 12.7. The molecule has 6 nitrogen and oxygen atoms in total. The second kappa shape index (κ2) is 6.98.